The van der Waals surface area contributed by atoms with Crippen LogP contribution < -0.4 is 10.6 Å². The van der Waals surface area contributed by atoms with Gasteiger partial charge in [-0.05, 0) is 36.7 Å². The quantitative estimate of drug-likeness (QED) is 0.887. The van der Waals surface area contributed by atoms with Crippen LogP contribution in [0.25, 0.3) is 0 Å². The predicted molar refractivity (Wildman–Crippen MR) is 87.3 cm³/mol. The second-order valence-corrected chi connectivity index (χ2v) is 5.23. The molecule has 0 aliphatic rings. The molecule has 0 aromatic heterocycles. The Morgan fingerprint density at radius 1 is 1.14 bits per heavy atom. The average molecular weight is 300 g/mol. The minimum absolute atomic E-state index is 0.572. The number of halogens is 1. The van der Waals surface area contributed by atoms with E-state index in [4.69, 9.17) is 22.6 Å². The van der Waals surface area contributed by atoms with Gasteiger partial charge in [0, 0.05) is 13.1 Å². The van der Waals surface area contributed by atoms with Crippen LogP contribution in [-0.4, -0.2) is 13.1 Å². The first-order valence-electron chi connectivity index (χ1n) is 6.93. The number of hydrogen-bond acceptors (Lipinski definition) is 3. The van der Waals surface area contributed by atoms with Crippen molar-refractivity contribution in [2.75, 3.05) is 18.0 Å². The molecule has 0 aliphatic carbocycles. The summed E-state index contributed by atoms with van der Waals surface area (Å²) in [5, 5.41) is 9.53. The van der Waals surface area contributed by atoms with Gasteiger partial charge in [-0.15, -0.1) is 0 Å². The Morgan fingerprint density at radius 2 is 1.90 bits per heavy atom. The zero-order valence-electron chi connectivity index (χ0n) is 11.8. The summed E-state index contributed by atoms with van der Waals surface area (Å²) in [4.78, 5) is 2.20. The Hall–Kier alpha value is -2.02. The summed E-state index contributed by atoms with van der Waals surface area (Å²) in [5.74, 6) is 0. The Kier molecular flexibility index (Phi) is 5.62. The van der Waals surface area contributed by atoms with Crippen molar-refractivity contribution in [1.29, 1.82) is 5.26 Å². The highest BCUT2D eigenvalue weighted by molar-refractivity contribution is 6.33. The molecule has 108 valence electrons. The van der Waals surface area contributed by atoms with Gasteiger partial charge in [0.15, 0.2) is 0 Å². The predicted octanol–water partition coefficient (Wildman–Crippen LogP) is 3.57. The molecular formula is C17H18ClN3. The highest BCUT2D eigenvalue weighted by atomic mass is 35.5. The second-order valence-electron chi connectivity index (χ2n) is 4.83. The molecule has 0 fully saturated rings. The van der Waals surface area contributed by atoms with E-state index < -0.39 is 0 Å². The van der Waals surface area contributed by atoms with E-state index in [0.717, 1.165) is 25.2 Å². The SMILES string of the molecule is N#Cc1ccc(N(CCCN)Cc2ccccc2)c(Cl)c1. The minimum Gasteiger partial charge on any atom is -0.366 e. The molecule has 0 unspecified atom stereocenters. The zero-order chi connectivity index (χ0) is 15.1. The number of benzene rings is 2. The molecule has 0 radical (unpaired) electrons. The van der Waals surface area contributed by atoms with E-state index in [2.05, 4.69) is 23.1 Å². The minimum atomic E-state index is 0.572. The van der Waals surface area contributed by atoms with Gasteiger partial charge in [-0.25, -0.2) is 0 Å². The lowest BCUT2D eigenvalue weighted by Gasteiger charge is -2.26. The van der Waals surface area contributed by atoms with E-state index in [0.29, 0.717) is 17.1 Å². The highest BCUT2D eigenvalue weighted by Gasteiger charge is 2.11. The number of nitrogens with zero attached hydrogens (tertiary/aromatic N) is 2. The molecule has 3 nitrogen and oxygen atoms in total. The second kappa shape index (κ2) is 7.68. The first kappa shape index (κ1) is 15.4. The highest BCUT2D eigenvalue weighted by Crippen LogP contribution is 2.28. The summed E-state index contributed by atoms with van der Waals surface area (Å²) in [6, 6.07) is 17.7. The molecule has 2 rings (SSSR count). The molecule has 0 aliphatic heterocycles. The number of hydrogen-bond donors (Lipinski definition) is 1. The lowest BCUT2D eigenvalue weighted by Crippen LogP contribution is -2.26. The Labute approximate surface area is 130 Å². The van der Waals surface area contributed by atoms with Gasteiger partial charge in [0.1, 0.15) is 0 Å². The van der Waals surface area contributed by atoms with Crippen molar-refractivity contribution in [1.82, 2.24) is 0 Å². The van der Waals surface area contributed by atoms with Gasteiger partial charge in [-0.3, -0.25) is 0 Å². The Morgan fingerprint density at radius 3 is 2.52 bits per heavy atom. The molecular weight excluding hydrogens is 282 g/mol. The summed E-state index contributed by atoms with van der Waals surface area (Å²) in [5.41, 5.74) is 8.36. The number of nitrogens with two attached hydrogens (primary N) is 1. The van der Waals surface area contributed by atoms with Crippen molar-refractivity contribution in [2.24, 2.45) is 5.73 Å². The fraction of sp³-hybridized carbons (Fsp3) is 0.235. The number of anilines is 1. The summed E-state index contributed by atoms with van der Waals surface area (Å²) < 4.78 is 0. The van der Waals surface area contributed by atoms with Gasteiger partial charge in [0.25, 0.3) is 0 Å². The molecule has 4 heteroatoms. The monoisotopic (exact) mass is 299 g/mol. The normalized spacial score (nSPS) is 10.1. The molecule has 0 saturated carbocycles. The van der Waals surface area contributed by atoms with E-state index in [1.807, 2.05) is 24.3 Å². The Bertz CT molecular complexity index is 620. The number of rotatable bonds is 6. The van der Waals surface area contributed by atoms with Crippen LogP contribution in [0.2, 0.25) is 5.02 Å². The van der Waals surface area contributed by atoms with E-state index in [1.165, 1.54) is 5.56 Å². The molecule has 0 saturated heterocycles. The van der Waals surface area contributed by atoms with E-state index in [-0.39, 0.29) is 0 Å². The third kappa shape index (κ3) is 4.22. The largest absolute Gasteiger partial charge is 0.366 e. The van der Waals surface area contributed by atoms with E-state index >= 15 is 0 Å². The summed E-state index contributed by atoms with van der Waals surface area (Å²) in [7, 11) is 0. The zero-order valence-corrected chi connectivity index (χ0v) is 12.6. The molecule has 0 bridgehead atoms. The van der Waals surface area contributed by atoms with Crippen LogP contribution in [0.3, 0.4) is 0 Å². The molecule has 21 heavy (non-hydrogen) atoms. The summed E-state index contributed by atoms with van der Waals surface area (Å²) in [6.45, 7) is 2.24. The molecule has 2 aromatic carbocycles. The Balaban J connectivity index is 2.25. The van der Waals surface area contributed by atoms with Crippen molar-refractivity contribution in [3.05, 3.63) is 64.7 Å². The van der Waals surface area contributed by atoms with Crippen molar-refractivity contribution < 1.29 is 0 Å². The van der Waals surface area contributed by atoms with Crippen molar-refractivity contribution >= 4 is 17.3 Å². The third-order valence-electron chi connectivity index (χ3n) is 3.27. The third-order valence-corrected chi connectivity index (χ3v) is 3.57. The van der Waals surface area contributed by atoms with Gasteiger partial charge >= 0.3 is 0 Å². The number of nitriles is 1. The van der Waals surface area contributed by atoms with Gasteiger partial charge in [-0.1, -0.05) is 41.9 Å². The summed E-state index contributed by atoms with van der Waals surface area (Å²) >= 11 is 6.32. The van der Waals surface area contributed by atoms with Crippen LogP contribution >= 0.6 is 11.6 Å². The van der Waals surface area contributed by atoms with Crippen LogP contribution in [0.15, 0.2) is 48.5 Å². The summed E-state index contributed by atoms with van der Waals surface area (Å²) in [6.07, 6.45) is 0.892. The van der Waals surface area contributed by atoms with Crippen molar-refractivity contribution in [3.8, 4) is 6.07 Å². The molecule has 0 spiro atoms. The maximum absolute atomic E-state index is 8.93. The lowest BCUT2D eigenvalue weighted by atomic mass is 10.1. The van der Waals surface area contributed by atoms with E-state index in [9.17, 15) is 0 Å². The topological polar surface area (TPSA) is 53.0 Å². The molecule has 2 aromatic rings. The maximum Gasteiger partial charge on any atom is 0.0992 e. The standard InChI is InChI=1S/C17H18ClN3/c18-16-11-15(12-20)7-8-17(16)21(10-4-9-19)13-14-5-2-1-3-6-14/h1-3,5-8,11H,4,9-10,13,19H2. The fourth-order valence-electron chi connectivity index (χ4n) is 2.20. The van der Waals surface area contributed by atoms with Gasteiger partial charge in [-0.2, -0.15) is 5.26 Å². The van der Waals surface area contributed by atoms with Crippen LogP contribution in [0.1, 0.15) is 17.5 Å². The van der Waals surface area contributed by atoms with Crippen molar-refractivity contribution in [3.63, 3.8) is 0 Å². The molecule has 0 atom stereocenters. The van der Waals surface area contributed by atoms with E-state index in [1.54, 1.807) is 12.1 Å². The maximum atomic E-state index is 8.93. The van der Waals surface area contributed by atoms with Crippen LogP contribution in [0.4, 0.5) is 5.69 Å². The van der Waals surface area contributed by atoms with Gasteiger partial charge < -0.3 is 10.6 Å². The molecule has 2 N–H and O–H groups in total. The van der Waals surface area contributed by atoms with Gasteiger partial charge in [0.05, 0.1) is 22.3 Å². The fourth-order valence-corrected chi connectivity index (χ4v) is 2.50. The first-order chi connectivity index (χ1) is 10.2. The van der Waals surface area contributed by atoms with Crippen LogP contribution in [0.5, 0.6) is 0 Å². The molecule has 0 amide bonds. The van der Waals surface area contributed by atoms with Crippen molar-refractivity contribution in [2.45, 2.75) is 13.0 Å². The smallest absolute Gasteiger partial charge is 0.0992 e. The molecule has 0 heterocycles. The lowest BCUT2D eigenvalue weighted by molar-refractivity contribution is 0.736. The van der Waals surface area contributed by atoms with Gasteiger partial charge in [0.2, 0.25) is 0 Å². The van der Waals surface area contributed by atoms with Crippen LogP contribution in [-0.2, 0) is 6.54 Å². The van der Waals surface area contributed by atoms with Crippen LogP contribution in [0, 0.1) is 11.3 Å². The first-order valence-corrected chi connectivity index (χ1v) is 7.31. The average Bonchev–Trinajstić information content (AvgIpc) is 2.52.